The maximum atomic E-state index is 13.2. The molecule has 0 spiro atoms. The van der Waals surface area contributed by atoms with Gasteiger partial charge in [-0.2, -0.15) is 0 Å². The molecule has 3 aromatic rings. The van der Waals surface area contributed by atoms with Crippen molar-refractivity contribution >= 4 is 22.8 Å². The lowest BCUT2D eigenvalue weighted by molar-refractivity contribution is 0.103. The third kappa shape index (κ3) is 3.85. The van der Waals surface area contributed by atoms with E-state index in [-0.39, 0.29) is 5.78 Å². The van der Waals surface area contributed by atoms with Crippen LogP contribution in [0.2, 0.25) is 0 Å². The van der Waals surface area contributed by atoms with E-state index < -0.39 is 0 Å². The molecule has 1 heterocycles. The van der Waals surface area contributed by atoms with E-state index in [1.54, 1.807) is 19.2 Å². The molecule has 6 heteroatoms. The molecule has 0 unspecified atom stereocenters. The molecular formula is C24H27NO5. The maximum Gasteiger partial charge on any atom is 0.203 e. The number of fused-ring (bicyclic) bond motifs is 1. The van der Waals surface area contributed by atoms with Crippen LogP contribution < -0.4 is 18.9 Å². The summed E-state index contributed by atoms with van der Waals surface area (Å²) in [5, 5.41) is 1.06. The summed E-state index contributed by atoms with van der Waals surface area (Å²) in [5.74, 6) is 2.04. The molecule has 0 aliphatic heterocycles. The number of carbonyl (C=O) groups excluding carboxylic acids is 1. The first-order valence-electron chi connectivity index (χ1n) is 9.67. The first-order chi connectivity index (χ1) is 14.5. The van der Waals surface area contributed by atoms with Crippen LogP contribution in [0.4, 0.5) is 0 Å². The molecule has 0 aliphatic rings. The molecule has 2 aromatic carbocycles. The van der Waals surface area contributed by atoms with Crippen molar-refractivity contribution in [1.82, 2.24) is 4.57 Å². The number of ketones is 1. The van der Waals surface area contributed by atoms with E-state index in [4.69, 9.17) is 18.9 Å². The molecule has 0 fully saturated rings. The minimum atomic E-state index is -0.111. The summed E-state index contributed by atoms with van der Waals surface area (Å²) in [7, 11) is 6.25. The van der Waals surface area contributed by atoms with Crippen molar-refractivity contribution in [2.45, 2.75) is 20.4 Å². The molecular weight excluding hydrogens is 382 g/mol. The second-order valence-corrected chi connectivity index (χ2v) is 6.82. The van der Waals surface area contributed by atoms with Gasteiger partial charge in [0.05, 0.1) is 34.0 Å². The van der Waals surface area contributed by atoms with Crippen LogP contribution in [0.15, 0.2) is 42.1 Å². The number of hydrogen-bond donors (Lipinski definition) is 0. The number of methoxy groups -OCH3 is 4. The maximum absolute atomic E-state index is 13.2. The molecule has 0 saturated heterocycles. The molecule has 158 valence electrons. The topological polar surface area (TPSA) is 58.9 Å². The Balaban J connectivity index is 2.05. The number of hydrogen-bond acceptors (Lipinski definition) is 5. The van der Waals surface area contributed by atoms with E-state index in [9.17, 15) is 4.79 Å². The molecule has 0 amide bonds. The Morgan fingerprint density at radius 3 is 2.17 bits per heavy atom. The number of rotatable bonds is 8. The molecule has 0 saturated carbocycles. The predicted octanol–water partition coefficient (Wildman–Crippen LogP) is 4.98. The Labute approximate surface area is 176 Å². The summed E-state index contributed by atoms with van der Waals surface area (Å²) < 4.78 is 23.6. The number of allylic oxidation sites excluding steroid dienone is 1. The van der Waals surface area contributed by atoms with Crippen LogP contribution in [0.1, 0.15) is 29.8 Å². The van der Waals surface area contributed by atoms with Crippen LogP contribution in [0.5, 0.6) is 23.0 Å². The summed E-state index contributed by atoms with van der Waals surface area (Å²) >= 11 is 0. The van der Waals surface area contributed by atoms with Crippen molar-refractivity contribution in [3.63, 3.8) is 0 Å². The predicted molar refractivity (Wildman–Crippen MR) is 118 cm³/mol. The van der Waals surface area contributed by atoms with Gasteiger partial charge in [0.25, 0.3) is 0 Å². The van der Waals surface area contributed by atoms with Crippen LogP contribution >= 0.6 is 0 Å². The molecule has 0 atom stereocenters. The van der Waals surface area contributed by atoms with E-state index in [0.717, 1.165) is 28.8 Å². The summed E-state index contributed by atoms with van der Waals surface area (Å²) in [5.41, 5.74) is 3.12. The number of carbonyl (C=O) groups is 1. The Hall–Kier alpha value is -3.41. The fourth-order valence-electron chi connectivity index (χ4n) is 3.54. The van der Waals surface area contributed by atoms with E-state index in [1.807, 2.05) is 31.2 Å². The Bertz CT molecular complexity index is 1090. The average Bonchev–Trinajstić information content (AvgIpc) is 3.13. The summed E-state index contributed by atoms with van der Waals surface area (Å²) in [6.07, 6.45) is 3.96. The Morgan fingerprint density at radius 2 is 1.63 bits per heavy atom. The zero-order valence-electron chi connectivity index (χ0n) is 18.2. The molecule has 0 N–H and O–H groups in total. The lowest BCUT2D eigenvalue weighted by atomic mass is 10.0. The highest BCUT2D eigenvalue weighted by Gasteiger charge is 2.18. The normalized spacial score (nSPS) is 11.5. The van der Waals surface area contributed by atoms with Crippen molar-refractivity contribution < 1.29 is 23.7 Å². The van der Waals surface area contributed by atoms with E-state index in [1.165, 1.54) is 21.3 Å². The van der Waals surface area contributed by atoms with E-state index in [2.05, 4.69) is 17.7 Å². The molecule has 30 heavy (non-hydrogen) atoms. The van der Waals surface area contributed by atoms with Crippen molar-refractivity contribution in [3.05, 3.63) is 53.2 Å². The quantitative estimate of drug-likeness (QED) is 0.388. The Kier molecular flexibility index (Phi) is 6.35. The molecule has 6 nitrogen and oxygen atoms in total. The molecule has 3 rings (SSSR count). The van der Waals surface area contributed by atoms with Gasteiger partial charge in [0, 0.05) is 35.3 Å². The minimum Gasteiger partial charge on any atom is -0.497 e. The van der Waals surface area contributed by atoms with Crippen LogP contribution in [-0.2, 0) is 6.54 Å². The second-order valence-electron chi connectivity index (χ2n) is 6.82. The standard InChI is InChI=1S/C24H27NO5/c1-7-25-14-17(19-9-8-18(27-3)13-20(19)25)10-15(2)23(26)16-11-21(28-4)24(30-6)22(12-16)29-5/h8-14H,7H2,1-6H3/b15-10+. The van der Waals surface area contributed by atoms with Gasteiger partial charge in [-0.3, -0.25) is 4.79 Å². The first kappa shape index (κ1) is 21.3. The van der Waals surface area contributed by atoms with Gasteiger partial charge in [0.15, 0.2) is 17.3 Å². The highest BCUT2D eigenvalue weighted by Crippen LogP contribution is 2.39. The molecule has 0 aliphatic carbocycles. The van der Waals surface area contributed by atoms with Gasteiger partial charge in [-0.05, 0) is 49.8 Å². The van der Waals surface area contributed by atoms with Gasteiger partial charge >= 0.3 is 0 Å². The lowest BCUT2D eigenvalue weighted by Crippen LogP contribution is -2.04. The highest BCUT2D eigenvalue weighted by molar-refractivity contribution is 6.12. The second kappa shape index (κ2) is 8.95. The fraction of sp³-hybridized carbons (Fsp3) is 0.292. The van der Waals surface area contributed by atoms with Crippen molar-refractivity contribution in [2.24, 2.45) is 0 Å². The largest absolute Gasteiger partial charge is 0.497 e. The van der Waals surface area contributed by atoms with Gasteiger partial charge in [-0.25, -0.2) is 0 Å². The zero-order valence-corrected chi connectivity index (χ0v) is 18.2. The van der Waals surface area contributed by atoms with Gasteiger partial charge < -0.3 is 23.5 Å². The first-order valence-corrected chi connectivity index (χ1v) is 9.67. The summed E-state index contributed by atoms with van der Waals surface area (Å²) in [6.45, 7) is 4.71. The number of ether oxygens (including phenoxy) is 4. The number of aryl methyl sites for hydroxylation is 1. The molecule has 0 bridgehead atoms. The van der Waals surface area contributed by atoms with Crippen LogP contribution in [0.3, 0.4) is 0 Å². The number of Topliss-reactive ketones (excluding diaryl/α,β-unsaturated/α-hetero) is 1. The number of benzene rings is 2. The van der Waals surface area contributed by atoms with Gasteiger partial charge in [-0.15, -0.1) is 0 Å². The van der Waals surface area contributed by atoms with Crippen molar-refractivity contribution in [1.29, 1.82) is 0 Å². The average molecular weight is 409 g/mol. The summed E-state index contributed by atoms with van der Waals surface area (Å²) in [4.78, 5) is 13.2. The molecule has 1 aromatic heterocycles. The van der Waals surface area contributed by atoms with Crippen molar-refractivity contribution in [3.8, 4) is 23.0 Å². The third-order valence-corrected chi connectivity index (χ3v) is 5.12. The van der Waals surface area contributed by atoms with Gasteiger partial charge in [0.2, 0.25) is 5.75 Å². The van der Waals surface area contributed by atoms with Crippen LogP contribution in [-0.4, -0.2) is 38.8 Å². The SMILES string of the molecule is CCn1cc(/C=C(\C)C(=O)c2cc(OC)c(OC)c(OC)c2)c2ccc(OC)cc21. The molecule has 0 radical (unpaired) electrons. The summed E-state index contributed by atoms with van der Waals surface area (Å²) in [6, 6.07) is 9.29. The monoisotopic (exact) mass is 409 g/mol. The number of aromatic nitrogens is 1. The number of nitrogens with zero attached hydrogens (tertiary/aromatic N) is 1. The van der Waals surface area contributed by atoms with Gasteiger partial charge in [-0.1, -0.05) is 0 Å². The Morgan fingerprint density at radius 1 is 0.967 bits per heavy atom. The third-order valence-electron chi connectivity index (χ3n) is 5.12. The van der Waals surface area contributed by atoms with Crippen LogP contribution in [0.25, 0.3) is 17.0 Å². The lowest BCUT2D eigenvalue weighted by Gasteiger charge is -2.13. The van der Waals surface area contributed by atoms with E-state index >= 15 is 0 Å². The van der Waals surface area contributed by atoms with Crippen LogP contribution in [0, 0.1) is 0 Å². The van der Waals surface area contributed by atoms with Gasteiger partial charge in [0.1, 0.15) is 5.75 Å². The fourth-order valence-corrected chi connectivity index (χ4v) is 3.54. The zero-order chi connectivity index (χ0) is 21.8. The smallest absolute Gasteiger partial charge is 0.203 e. The van der Waals surface area contributed by atoms with Crippen molar-refractivity contribution in [2.75, 3.05) is 28.4 Å². The highest BCUT2D eigenvalue weighted by atomic mass is 16.5. The van der Waals surface area contributed by atoms with E-state index in [0.29, 0.717) is 28.4 Å². The minimum absolute atomic E-state index is 0.111.